The van der Waals surface area contributed by atoms with Crippen LogP contribution in [0.25, 0.3) is 0 Å². The molecule has 0 amide bonds. The summed E-state index contributed by atoms with van der Waals surface area (Å²) in [6.45, 7) is 1.76. The molecule has 1 N–H and O–H groups in total. The molecule has 1 heterocycles. The van der Waals surface area contributed by atoms with Crippen LogP contribution >= 0.6 is 24.0 Å². The second-order valence-electron chi connectivity index (χ2n) is 6.60. The number of hydrogen-bond acceptors (Lipinski definition) is 2. The Morgan fingerprint density at radius 3 is 2.35 bits per heavy atom. The monoisotopic (exact) mass is 469 g/mol. The molecule has 2 rings (SSSR count). The van der Waals surface area contributed by atoms with E-state index in [1.165, 1.54) is 16.9 Å². The first-order chi connectivity index (χ1) is 12.0. The van der Waals surface area contributed by atoms with Crippen molar-refractivity contribution in [3.05, 3.63) is 53.9 Å². The van der Waals surface area contributed by atoms with Gasteiger partial charge in [-0.15, -0.1) is 24.0 Å². The largest absolute Gasteiger partial charge is 0.378 e. The number of rotatable bonds is 7. The SMILES string of the molecule is CN=C(NCCCc1ccc(N(C)C)cc1)N(C)Cc1cccn1C.I. The van der Waals surface area contributed by atoms with Gasteiger partial charge in [-0.05, 0) is 42.7 Å². The van der Waals surface area contributed by atoms with Crippen molar-refractivity contribution in [1.29, 1.82) is 0 Å². The molecule has 0 bridgehead atoms. The lowest BCUT2D eigenvalue weighted by atomic mass is 10.1. The van der Waals surface area contributed by atoms with E-state index in [2.05, 4.69) is 95.5 Å². The van der Waals surface area contributed by atoms with Crippen LogP contribution in [-0.4, -0.2) is 50.2 Å². The Morgan fingerprint density at radius 1 is 1.12 bits per heavy atom. The van der Waals surface area contributed by atoms with Gasteiger partial charge in [0, 0.05) is 59.4 Å². The fourth-order valence-corrected chi connectivity index (χ4v) is 2.82. The van der Waals surface area contributed by atoms with Crippen molar-refractivity contribution in [2.75, 3.05) is 39.6 Å². The molecular formula is C20H32IN5. The third-order valence-corrected chi connectivity index (χ3v) is 4.40. The molecule has 1 aromatic carbocycles. The maximum absolute atomic E-state index is 4.39. The van der Waals surface area contributed by atoms with Gasteiger partial charge in [0.25, 0.3) is 0 Å². The lowest BCUT2D eigenvalue weighted by molar-refractivity contribution is 0.461. The first-order valence-electron chi connectivity index (χ1n) is 8.79. The molecule has 0 fully saturated rings. The summed E-state index contributed by atoms with van der Waals surface area (Å²) in [7, 11) is 10.1. The van der Waals surface area contributed by atoms with E-state index < -0.39 is 0 Å². The lowest BCUT2D eigenvalue weighted by Crippen LogP contribution is -2.39. The predicted molar refractivity (Wildman–Crippen MR) is 123 cm³/mol. The van der Waals surface area contributed by atoms with E-state index in [4.69, 9.17) is 0 Å². The van der Waals surface area contributed by atoms with Crippen molar-refractivity contribution in [2.45, 2.75) is 19.4 Å². The summed E-state index contributed by atoms with van der Waals surface area (Å²) in [6.07, 6.45) is 4.22. The molecular weight excluding hydrogens is 437 g/mol. The van der Waals surface area contributed by atoms with Crippen LogP contribution in [0.5, 0.6) is 0 Å². The van der Waals surface area contributed by atoms with Crippen LogP contribution in [0, 0.1) is 0 Å². The molecule has 5 nitrogen and oxygen atoms in total. The summed E-state index contributed by atoms with van der Waals surface area (Å²) in [4.78, 5) is 8.67. The number of halogens is 1. The number of nitrogens with zero attached hydrogens (tertiary/aromatic N) is 4. The molecule has 1 aromatic heterocycles. The fraction of sp³-hybridized carbons (Fsp3) is 0.450. The normalized spacial score (nSPS) is 11.0. The highest BCUT2D eigenvalue weighted by atomic mass is 127. The molecule has 0 aliphatic rings. The van der Waals surface area contributed by atoms with Gasteiger partial charge >= 0.3 is 0 Å². The molecule has 0 radical (unpaired) electrons. The molecule has 26 heavy (non-hydrogen) atoms. The molecule has 0 spiro atoms. The average molecular weight is 469 g/mol. The number of hydrogen-bond donors (Lipinski definition) is 1. The number of aliphatic imine (C=N–C) groups is 1. The smallest absolute Gasteiger partial charge is 0.193 e. The second kappa shape index (κ2) is 11.1. The van der Waals surface area contributed by atoms with E-state index in [1.807, 2.05) is 7.05 Å². The molecule has 6 heteroatoms. The summed E-state index contributed by atoms with van der Waals surface area (Å²) in [5, 5.41) is 3.46. The van der Waals surface area contributed by atoms with E-state index in [-0.39, 0.29) is 24.0 Å². The van der Waals surface area contributed by atoms with Crippen LogP contribution in [0.4, 0.5) is 5.69 Å². The maximum Gasteiger partial charge on any atom is 0.193 e. The highest BCUT2D eigenvalue weighted by molar-refractivity contribution is 14.0. The Morgan fingerprint density at radius 2 is 1.81 bits per heavy atom. The maximum atomic E-state index is 4.39. The average Bonchev–Trinajstić information content (AvgIpc) is 3.00. The van der Waals surface area contributed by atoms with Gasteiger partial charge in [-0.25, -0.2) is 0 Å². The Bertz CT molecular complexity index is 676. The Hall–Kier alpha value is -1.70. The van der Waals surface area contributed by atoms with Crippen molar-refractivity contribution < 1.29 is 0 Å². The number of nitrogens with one attached hydrogen (secondary N) is 1. The van der Waals surface area contributed by atoms with Crippen molar-refractivity contribution in [3.8, 4) is 0 Å². The zero-order valence-corrected chi connectivity index (χ0v) is 18.9. The van der Waals surface area contributed by atoms with E-state index >= 15 is 0 Å². The van der Waals surface area contributed by atoms with Crippen molar-refractivity contribution in [3.63, 3.8) is 0 Å². The zero-order chi connectivity index (χ0) is 18.2. The Balaban J connectivity index is 0.00000338. The second-order valence-corrected chi connectivity index (χ2v) is 6.60. The van der Waals surface area contributed by atoms with Gasteiger partial charge in [0.05, 0.1) is 6.54 Å². The van der Waals surface area contributed by atoms with Gasteiger partial charge in [-0.1, -0.05) is 12.1 Å². The highest BCUT2D eigenvalue weighted by Crippen LogP contribution is 2.13. The minimum atomic E-state index is 0. The van der Waals surface area contributed by atoms with Gasteiger partial charge in [0.2, 0.25) is 0 Å². The van der Waals surface area contributed by atoms with Crippen LogP contribution in [0.15, 0.2) is 47.6 Å². The van der Waals surface area contributed by atoms with E-state index in [9.17, 15) is 0 Å². The van der Waals surface area contributed by atoms with Crippen LogP contribution in [-0.2, 0) is 20.0 Å². The Labute approximate surface area is 175 Å². The summed E-state index contributed by atoms with van der Waals surface area (Å²) >= 11 is 0. The van der Waals surface area contributed by atoms with Gasteiger partial charge in [-0.2, -0.15) is 0 Å². The number of benzene rings is 1. The molecule has 0 unspecified atom stereocenters. The summed E-state index contributed by atoms with van der Waals surface area (Å²) < 4.78 is 2.14. The first kappa shape index (κ1) is 22.3. The Kier molecular flexibility index (Phi) is 9.54. The third kappa shape index (κ3) is 6.55. The van der Waals surface area contributed by atoms with Gasteiger partial charge in [-0.3, -0.25) is 4.99 Å². The van der Waals surface area contributed by atoms with E-state index in [1.54, 1.807) is 0 Å². The number of aromatic nitrogens is 1. The first-order valence-corrected chi connectivity index (χ1v) is 8.79. The fourth-order valence-electron chi connectivity index (χ4n) is 2.82. The van der Waals surface area contributed by atoms with Gasteiger partial charge in [0.1, 0.15) is 0 Å². The molecule has 0 saturated carbocycles. The minimum absolute atomic E-state index is 0. The summed E-state index contributed by atoms with van der Waals surface area (Å²) in [5.41, 5.74) is 3.88. The summed E-state index contributed by atoms with van der Waals surface area (Å²) in [6, 6.07) is 13.0. The highest BCUT2D eigenvalue weighted by Gasteiger charge is 2.07. The number of guanidine groups is 1. The predicted octanol–water partition coefficient (Wildman–Crippen LogP) is 3.35. The van der Waals surface area contributed by atoms with E-state index in [0.717, 1.165) is 31.9 Å². The molecule has 0 atom stereocenters. The van der Waals surface area contributed by atoms with Crippen molar-refractivity contribution in [2.24, 2.45) is 12.0 Å². The lowest BCUT2D eigenvalue weighted by Gasteiger charge is -2.22. The summed E-state index contributed by atoms with van der Waals surface area (Å²) in [5.74, 6) is 0.934. The number of aryl methyl sites for hydroxylation is 2. The van der Waals surface area contributed by atoms with Gasteiger partial charge < -0.3 is 19.7 Å². The zero-order valence-electron chi connectivity index (χ0n) is 16.6. The van der Waals surface area contributed by atoms with Crippen molar-refractivity contribution in [1.82, 2.24) is 14.8 Å². The standard InChI is InChI=1S/C20H31N5.HI/c1-21-20(25(5)16-19-9-7-15-24(19)4)22-14-6-8-17-10-12-18(13-11-17)23(2)3;/h7,9-13,15H,6,8,14,16H2,1-5H3,(H,21,22);1H. The topological polar surface area (TPSA) is 35.8 Å². The molecule has 144 valence electrons. The minimum Gasteiger partial charge on any atom is -0.378 e. The van der Waals surface area contributed by atoms with E-state index in [0.29, 0.717) is 0 Å². The molecule has 0 saturated heterocycles. The molecule has 0 aliphatic carbocycles. The van der Waals surface area contributed by atoms with Crippen LogP contribution in [0.1, 0.15) is 17.7 Å². The van der Waals surface area contributed by atoms with Crippen LogP contribution in [0.3, 0.4) is 0 Å². The van der Waals surface area contributed by atoms with Gasteiger partial charge in [0.15, 0.2) is 5.96 Å². The van der Waals surface area contributed by atoms with Crippen LogP contribution in [0.2, 0.25) is 0 Å². The van der Waals surface area contributed by atoms with Crippen LogP contribution < -0.4 is 10.2 Å². The molecule has 2 aromatic rings. The molecule has 0 aliphatic heterocycles. The third-order valence-electron chi connectivity index (χ3n) is 4.40. The number of anilines is 1. The quantitative estimate of drug-likeness (QED) is 0.293. The van der Waals surface area contributed by atoms with Crippen molar-refractivity contribution >= 4 is 35.6 Å².